The number of aliphatic carboxylic acids is 1. The van der Waals surface area contributed by atoms with Crippen LogP contribution in [0.25, 0.3) is 0 Å². The third-order valence-corrected chi connectivity index (χ3v) is 3.61. The van der Waals surface area contributed by atoms with E-state index in [0.717, 1.165) is 18.4 Å². The first-order chi connectivity index (χ1) is 9.65. The van der Waals surface area contributed by atoms with Gasteiger partial charge in [-0.2, -0.15) is 0 Å². The Bertz CT molecular complexity index is 456. The molecule has 0 atom stereocenters. The SMILES string of the molecule is O=C(NCc1ccncc1)NC1CCC(C(=O)O)CC1. The minimum absolute atomic E-state index is 0.0723. The molecule has 1 saturated carbocycles. The topological polar surface area (TPSA) is 91.3 Å². The lowest BCUT2D eigenvalue weighted by molar-refractivity contribution is -0.142. The number of carboxylic acids is 1. The van der Waals surface area contributed by atoms with Crippen molar-refractivity contribution in [3.8, 4) is 0 Å². The molecule has 1 fully saturated rings. The van der Waals surface area contributed by atoms with E-state index in [1.807, 2.05) is 12.1 Å². The average Bonchev–Trinajstić information content (AvgIpc) is 2.47. The van der Waals surface area contributed by atoms with Gasteiger partial charge in [0.1, 0.15) is 0 Å². The first-order valence-corrected chi connectivity index (χ1v) is 6.81. The molecule has 1 aromatic heterocycles. The first-order valence-electron chi connectivity index (χ1n) is 6.81. The van der Waals surface area contributed by atoms with E-state index in [2.05, 4.69) is 15.6 Å². The van der Waals surface area contributed by atoms with E-state index in [0.29, 0.717) is 19.4 Å². The summed E-state index contributed by atoms with van der Waals surface area (Å²) in [5.41, 5.74) is 0.990. The number of rotatable bonds is 4. The van der Waals surface area contributed by atoms with Crippen LogP contribution in [-0.4, -0.2) is 28.1 Å². The third-order valence-electron chi connectivity index (χ3n) is 3.61. The van der Waals surface area contributed by atoms with E-state index in [-0.39, 0.29) is 18.0 Å². The molecule has 2 amide bonds. The van der Waals surface area contributed by atoms with Crippen molar-refractivity contribution in [2.45, 2.75) is 38.3 Å². The molecule has 0 aromatic carbocycles. The molecule has 0 bridgehead atoms. The van der Waals surface area contributed by atoms with E-state index in [4.69, 9.17) is 5.11 Å². The molecule has 2 rings (SSSR count). The number of pyridine rings is 1. The highest BCUT2D eigenvalue weighted by atomic mass is 16.4. The lowest BCUT2D eigenvalue weighted by Crippen LogP contribution is -2.43. The molecule has 1 aliphatic carbocycles. The number of nitrogens with one attached hydrogen (secondary N) is 2. The molecule has 20 heavy (non-hydrogen) atoms. The molecule has 1 aromatic rings. The highest BCUT2D eigenvalue weighted by Gasteiger charge is 2.26. The van der Waals surface area contributed by atoms with Crippen molar-refractivity contribution >= 4 is 12.0 Å². The van der Waals surface area contributed by atoms with Gasteiger partial charge in [-0.25, -0.2) is 4.79 Å². The van der Waals surface area contributed by atoms with Crippen molar-refractivity contribution in [2.24, 2.45) is 5.92 Å². The number of amides is 2. The number of carbonyl (C=O) groups is 2. The average molecular weight is 277 g/mol. The van der Waals surface area contributed by atoms with Crippen LogP contribution in [-0.2, 0) is 11.3 Å². The summed E-state index contributed by atoms with van der Waals surface area (Å²) in [4.78, 5) is 26.5. The van der Waals surface area contributed by atoms with Crippen LogP contribution in [0, 0.1) is 5.92 Å². The van der Waals surface area contributed by atoms with E-state index >= 15 is 0 Å². The Morgan fingerprint density at radius 1 is 1.20 bits per heavy atom. The molecule has 0 radical (unpaired) electrons. The Labute approximate surface area is 117 Å². The van der Waals surface area contributed by atoms with E-state index in [1.54, 1.807) is 12.4 Å². The van der Waals surface area contributed by atoms with Crippen molar-refractivity contribution in [3.63, 3.8) is 0 Å². The Kier molecular flexibility index (Phi) is 4.92. The number of hydrogen-bond donors (Lipinski definition) is 3. The second-order valence-corrected chi connectivity index (χ2v) is 5.07. The van der Waals surface area contributed by atoms with Crippen LogP contribution in [0.2, 0.25) is 0 Å². The quantitative estimate of drug-likeness (QED) is 0.778. The fraction of sp³-hybridized carbons (Fsp3) is 0.500. The van der Waals surface area contributed by atoms with Crippen LogP contribution in [0.1, 0.15) is 31.2 Å². The van der Waals surface area contributed by atoms with Gasteiger partial charge < -0.3 is 15.7 Å². The van der Waals surface area contributed by atoms with Gasteiger partial charge in [-0.15, -0.1) is 0 Å². The van der Waals surface area contributed by atoms with Gasteiger partial charge in [0.25, 0.3) is 0 Å². The van der Waals surface area contributed by atoms with Crippen molar-refractivity contribution in [1.29, 1.82) is 0 Å². The number of carbonyl (C=O) groups excluding carboxylic acids is 1. The van der Waals surface area contributed by atoms with Crippen LogP contribution < -0.4 is 10.6 Å². The van der Waals surface area contributed by atoms with Crippen molar-refractivity contribution in [3.05, 3.63) is 30.1 Å². The molecule has 6 nitrogen and oxygen atoms in total. The zero-order valence-corrected chi connectivity index (χ0v) is 11.2. The van der Waals surface area contributed by atoms with Gasteiger partial charge in [-0.05, 0) is 43.4 Å². The molecular formula is C14H19N3O3. The molecular weight excluding hydrogens is 258 g/mol. The van der Waals surface area contributed by atoms with Gasteiger partial charge >= 0.3 is 12.0 Å². The second-order valence-electron chi connectivity index (χ2n) is 5.07. The number of hydrogen-bond acceptors (Lipinski definition) is 3. The Morgan fingerprint density at radius 3 is 2.45 bits per heavy atom. The van der Waals surface area contributed by atoms with Gasteiger partial charge in [-0.1, -0.05) is 0 Å². The fourth-order valence-corrected chi connectivity index (χ4v) is 2.40. The van der Waals surface area contributed by atoms with Gasteiger partial charge in [0, 0.05) is 25.0 Å². The van der Waals surface area contributed by atoms with Crippen LogP contribution in [0.15, 0.2) is 24.5 Å². The predicted octanol–water partition coefficient (Wildman–Crippen LogP) is 1.52. The van der Waals surface area contributed by atoms with Crippen molar-refractivity contribution in [2.75, 3.05) is 0 Å². The van der Waals surface area contributed by atoms with Crippen LogP contribution in [0.3, 0.4) is 0 Å². The van der Waals surface area contributed by atoms with Gasteiger partial charge in [0.15, 0.2) is 0 Å². The van der Waals surface area contributed by atoms with E-state index in [9.17, 15) is 9.59 Å². The maximum Gasteiger partial charge on any atom is 0.315 e. The molecule has 3 N–H and O–H groups in total. The lowest BCUT2D eigenvalue weighted by Gasteiger charge is -2.26. The third kappa shape index (κ3) is 4.22. The Hall–Kier alpha value is -2.11. The van der Waals surface area contributed by atoms with Crippen LogP contribution in [0.4, 0.5) is 4.79 Å². The van der Waals surface area contributed by atoms with E-state index < -0.39 is 5.97 Å². The standard InChI is InChI=1S/C14H19N3O3/c18-13(19)11-1-3-12(4-2-11)17-14(20)16-9-10-5-7-15-8-6-10/h5-8,11-12H,1-4,9H2,(H,18,19)(H2,16,17,20). The minimum atomic E-state index is -0.731. The maximum atomic E-state index is 11.7. The molecule has 0 aliphatic heterocycles. The summed E-state index contributed by atoms with van der Waals surface area (Å²) in [7, 11) is 0. The normalized spacial score (nSPS) is 22.0. The monoisotopic (exact) mass is 277 g/mol. The summed E-state index contributed by atoms with van der Waals surface area (Å²) in [5.74, 6) is -0.987. The molecule has 6 heteroatoms. The maximum absolute atomic E-state index is 11.7. The lowest BCUT2D eigenvalue weighted by atomic mass is 9.86. The van der Waals surface area contributed by atoms with Crippen LogP contribution >= 0.6 is 0 Å². The van der Waals surface area contributed by atoms with Gasteiger partial charge in [0.2, 0.25) is 0 Å². The van der Waals surface area contributed by atoms with Gasteiger partial charge in [0.05, 0.1) is 5.92 Å². The molecule has 1 heterocycles. The molecule has 0 spiro atoms. The molecule has 0 unspecified atom stereocenters. The smallest absolute Gasteiger partial charge is 0.315 e. The predicted molar refractivity (Wildman–Crippen MR) is 73.0 cm³/mol. The minimum Gasteiger partial charge on any atom is -0.481 e. The number of urea groups is 1. The zero-order valence-electron chi connectivity index (χ0n) is 11.2. The zero-order chi connectivity index (χ0) is 14.4. The fourth-order valence-electron chi connectivity index (χ4n) is 2.40. The summed E-state index contributed by atoms with van der Waals surface area (Å²) >= 11 is 0. The van der Waals surface area contributed by atoms with Crippen molar-refractivity contribution in [1.82, 2.24) is 15.6 Å². The summed E-state index contributed by atoms with van der Waals surface area (Å²) in [5, 5.41) is 14.6. The van der Waals surface area contributed by atoms with Crippen LogP contribution in [0.5, 0.6) is 0 Å². The number of nitrogens with zero attached hydrogens (tertiary/aromatic N) is 1. The molecule has 0 saturated heterocycles. The molecule has 108 valence electrons. The highest BCUT2D eigenvalue weighted by Crippen LogP contribution is 2.24. The summed E-state index contributed by atoms with van der Waals surface area (Å²) in [6, 6.07) is 3.56. The highest BCUT2D eigenvalue weighted by molar-refractivity contribution is 5.74. The summed E-state index contributed by atoms with van der Waals surface area (Å²) in [6.07, 6.45) is 6.07. The second kappa shape index (κ2) is 6.88. The summed E-state index contributed by atoms with van der Waals surface area (Å²) in [6.45, 7) is 0.457. The first kappa shape index (κ1) is 14.3. The Morgan fingerprint density at radius 2 is 1.85 bits per heavy atom. The summed E-state index contributed by atoms with van der Waals surface area (Å²) < 4.78 is 0. The number of carboxylic acid groups (broad SMARTS) is 1. The number of aromatic nitrogens is 1. The molecule has 1 aliphatic rings. The van der Waals surface area contributed by atoms with Crippen molar-refractivity contribution < 1.29 is 14.7 Å². The van der Waals surface area contributed by atoms with Gasteiger partial charge in [-0.3, -0.25) is 9.78 Å². The van der Waals surface area contributed by atoms with E-state index in [1.165, 1.54) is 0 Å². The Balaban J connectivity index is 1.69. The largest absolute Gasteiger partial charge is 0.481 e.